The van der Waals surface area contributed by atoms with Crippen molar-refractivity contribution in [2.45, 2.75) is 13.0 Å². The van der Waals surface area contributed by atoms with Gasteiger partial charge in [0.15, 0.2) is 0 Å². The second-order valence-electron chi connectivity index (χ2n) is 6.50. The van der Waals surface area contributed by atoms with Gasteiger partial charge in [-0.1, -0.05) is 6.07 Å². The molecule has 0 unspecified atom stereocenters. The van der Waals surface area contributed by atoms with Crippen LogP contribution < -0.4 is 15.1 Å². The smallest absolute Gasteiger partial charge is 0.337 e. The molecule has 0 atom stereocenters. The number of carbonyl (C=O) groups excluding carboxylic acids is 2. The Labute approximate surface area is 152 Å². The summed E-state index contributed by atoms with van der Waals surface area (Å²) in [4.78, 5) is 28.0. The Hall–Kier alpha value is -2.86. The highest BCUT2D eigenvalue weighted by atomic mass is 16.5. The van der Waals surface area contributed by atoms with Gasteiger partial charge in [0.05, 0.1) is 12.7 Å². The van der Waals surface area contributed by atoms with E-state index in [4.69, 9.17) is 4.74 Å². The number of nitrogens with zero attached hydrogens (tertiary/aromatic N) is 2. The fourth-order valence-corrected chi connectivity index (χ4v) is 3.54. The summed E-state index contributed by atoms with van der Waals surface area (Å²) >= 11 is 0. The predicted molar refractivity (Wildman–Crippen MR) is 99.7 cm³/mol. The molecule has 1 saturated heterocycles. The van der Waals surface area contributed by atoms with E-state index in [0.29, 0.717) is 18.7 Å². The number of carbonyl (C=O) groups is 2. The Morgan fingerprint density at radius 2 is 1.69 bits per heavy atom. The first kappa shape index (κ1) is 16.6. The molecule has 0 aromatic heterocycles. The van der Waals surface area contributed by atoms with Gasteiger partial charge in [0.2, 0.25) is 0 Å². The van der Waals surface area contributed by atoms with Crippen LogP contribution in [-0.4, -0.2) is 38.7 Å². The molecule has 2 heterocycles. The molecule has 2 aliphatic heterocycles. The summed E-state index contributed by atoms with van der Waals surface area (Å²) in [5, 5.41) is 3.36. The quantitative estimate of drug-likeness (QED) is 0.864. The van der Waals surface area contributed by atoms with Gasteiger partial charge in [0, 0.05) is 31.0 Å². The number of amides is 2. The first-order valence-electron chi connectivity index (χ1n) is 8.77. The maximum atomic E-state index is 12.9. The van der Waals surface area contributed by atoms with Crippen molar-refractivity contribution >= 4 is 23.4 Å². The van der Waals surface area contributed by atoms with E-state index >= 15 is 0 Å². The molecule has 1 N–H and O–H groups in total. The number of esters is 1. The molecule has 2 aromatic carbocycles. The van der Waals surface area contributed by atoms with Crippen LogP contribution in [0.4, 0.5) is 16.2 Å². The Bertz CT molecular complexity index is 848. The van der Waals surface area contributed by atoms with Crippen molar-refractivity contribution < 1.29 is 14.3 Å². The maximum Gasteiger partial charge on any atom is 0.337 e. The normalized spacial score (nSPS) is 16.6. The third kappa shape index (κ3) is 2.93. The molecule has 0 spiro atoms. The van der Waals surface area contributed by atoms with Crippen molar-refractivity contribution in [2.24, 2.45) is 0 Å². The minimum atomic E-state index is -0.380. The molecular formula is C20H21N3O3. The lowest BCUT2D eigenvalue weighted by Crippen LogP contribution is -2.32. The molecule has 1 fully saturated rings. The lowest BCUT2D eigenvalue weighted by Gasteiger charge is -2.22. The third-order valence-corrected chi connectivity index (χ3v) is 5.00. The van der Waals surface area contributed by atoms with Gasteiger partial charge >= 0.3 is 12.0 Å². The molecule has 6 heteroatoms. The molecule has 2 aliphatic rings. The van der Waals surface area contributed by atoms with Gasteiger partial charge in [-0.05, 0) is 60.5 Å². The number of anilines is 2. The fourth-order valence-electron chi connectivity index (χ4n) is 3.54. The molecule has 26 heavy (non-hydrogen) atoms. The van der Waals surface area contributed by atoms with Crippen molar-refractivity contribution in [3.63, 3.8) is 0 Å². The predicted octanol–water partition coefficient (Wildman–Crippen LogP) is 2.57. The van der Waals surface area contributed by atoms with Gasteiger partial charge in [0.1, 0.15) is 0 Å². The van der Waals surface area contributed by atoms with Gasteiger partial charge in [-0.25, -0.2) is 9.59 Å². The summed E-state index contributed by atoms with van der Waals surface area (Å²) in [6, 6.07) is 13.2. The van der Waals surface area contributed by atoms with Crippen LogP contribution in [0, 0.1) is 0 Å². The topological polar surface area (TPSA) is 61.9 Å². The van der Waals surface area contributed by atoms with Gasteiger partial charge in [-0.2, -0.15) is 0 Å². The van der Waals surface area contributed by atoms with Crippen molar-refractivity contribution in [1.29, 1.82) is 0 Å². The number of fused-ring (bicyclic) bond motifs is 1. The second-order valence-corrected chi connectivity index (χ2v) is 6.50. The van der Waals surface area contributed by atoms with E-state index in [1.807, 2.05) is 11.0 Å². The Morgan fingerprint density at radius 1 is 1.00 bits per heavy atom. The molecule has 0 bridgehead atoms. The summed E-state index contributed by atoms with van der Waals surface area (Å²) < 4.78 is 4.71. The number of ether oxygens (including phenoxy) is 1. The van der Waals surface area contributed by atoms with Gasteiger partial charge in [0.25, 0.3) is 0 Å². The summed E-state index contributed by atoms with van der Waals surface area (Å²) in [6.45, 7) is 3.13. The molecule has 134 valence electrons. The highest BCUT2D eigenvalue weighted by Gasteiger charge is 2.31. The largest absolute Gasteiger partial charge is 0.465 e. The maximum absolute atomic E-state index is 12.9. The molecule has 0 aliphatic carbocycles. The summed E-state index contributed by atoms with van der Waals surface area (Å²) in [7, 11) is 1.35. The first-order chi connectivity index (χ1) is 12.7. The van der Waals surface area contributed by atoms with Gasteiger partial charge in [-0.3, -0.25) is 9.80 Å². The summed E-state index contributed by atoms with van der Waals surface area (Å²) in [6.07, 6.45) is 0.990. The average molecular weight is 351 g/mol. The lowest BCUT2D eigenvalue weighted by atomic mass is 10.0. The zero-order valence-corrected chi connectivity index (χ0v) is 14.7. The minimum Gasteiger partial charge on any atom is -0.465 e. The number of urea groups is 1. The van der Waals surface area contributed by atoms with Gasteiger partial charge in [-0.15, -0.1) is 0 Å². The van der Waals surface area contributed by atoms with E-state index in [0.717, 1.165) is 30.9 Å². The lowest BCUT2D eigenvalue weighted by molar-refractivity contribution is 0.0600. The minimum absolute atomic E-state index is 0.0373. The Morgan fingerprint density at radius 3 is 2.42 bits per heavy atom. The van der Waals surface area contributed by atoms with E-state index in [2.05, 4.69) is 17.4 Å². The standard InChI is InChI=1S/C20H21N3O3/c1-26-19(24)14-2-5-17(6-3-14)22-10-11-23(20(22)25)18-7-4-16-13-21-9-8-15(16)12-18/h2-7,12,21H,8-11,13H2,1H3. The van der Waals surface area contributed by atoms with Crippen molar-refractivity contribution in [3.05, 3.63) is 59.2 Å². The van der Waals surface area contributed by atoms with E-state index in [9.17, 15) is 9.59 Å². The number of methoxy groups -OCH3 is 1. The summed E-state index contributed by atoms with van der Waals surface area (Å²) in [5.41, 5.74) is 4.83. The monoisotopic (exact) mass is 351 g/mol. The number of nitrogens with one attached hydrogen (secondary N) is 1. The number of hydrogen-bond donors (Lipinski definition) is 1. The van der Waals surface area contributed by atoms with Crippen molar-refractivity contribution in [1.82, 2.24) is 5.32 Å². The van der Waals surface area contributed by atoms with Crippen LogP contribution in [0.2, 0.25) is 0 Å². The first-order valence-corrected chi connectivity index (χ1v) is 8.77. The van der Waals surface area contributed by atoms with Gasteiger partial charge < -0.3 is 10.1 Å². The van der Waals surface area contributed by atoms with Crippen molar-refractivity contribution in [3.8, 4) is 0 Å². The number of rotatable bonds is 3. The second kappa shape index (κ2) is 6.80. The van der Waals surface area contributed by atoms with Crippen LogP contribution in [0.5, 0.6) is 0 Å². The molecule has 6 nitrogen and oxygen atoms in total. The molecular weight excluding hydrogens is 330 g/mol. The highest BCUT2D eigenvalue weighted by molar-refractivity contribution is 6.06. The van der Waals surface area contributed by atoms with E-state index in [1.54, 1.807) is 29.2 Å². The van der Waals surface area contributed by atoms with Crippen LogP contribution in [0.15, 0.2) is 42.5 Å². The van der Waals surface area contributed by atoms with Crippen LogP contribution >= 0.6 is 0 Å². The molecule has 2 aromatic rings. The SMILES string of the molecule is COC(=O)c1ccc(N2CCN(c3ccc4c(c3)CCNC4)C2=O)cc1. The Balaban J connectivity index is 1.54. The number of benzene rings is 2. The molecule has 0 radical (unpaired) electrons. The van der Waals surface area contributed by atoms with Crippen LogP contribution in [0.1, 0.15) is 21.5 Å². The van der Waals surface area contributed by atoms with E-state index < -0.39 is 0 Å². The fraction of sp³-hybridized carbons (Fsp3) is 0.300. The van der Waals surface area contributed by atoms with Crippen LogP contribution in [-0.2, 0) is 17.7 Å². The molecule has 0 saturated carbocycles. The third-order valence-electron chi connectivity index (χ3n) is 5.00. The van der Waals surface area contributed by atoms with Crippen LogP contribution in [0.25, 0.3) is 0 Å². The van der Waals surface area contributed by atoms with Crippen LogP contribution in [0.3, 0.4) is 0 Å². The van der Waals surface area contributed by atoms with E-state index in [1.165, 1.54) is 18.2 Å². The molecule has 2 amide bonds. The van der Waals surface area contributed by atoms with E-state index in [-0.39, 0.29) is 12.0 Å². The average Bonchev–Trinajstić information content (AvgIpc) is 3.08. The highest BCUT2D eigenvalue weighted by Crippen LogP contribution is 2.28. The zero-order valence-electron chi connectivity index (χ0n) is 14.7. The number of hydrogen-bond acceptors (Lipinski definition) is 4. The Kier molecular flexibility index (Phi) is 4.34. The molecule has 4 rings (SSSR count). The van der Waals surface area contributed by atoms with Crippen molar-refractivity contribution in [2.75, 3.05) is 36.5 Å². The zero-order chi connectivity index (χ0) is 18.1. The summed E-state index contributed by atoms with van der Waals surface area (Å²) in [5.74, 6) is -0.380.